The number of nitrogens with one attached hydrogen (secondary N) is 1. The van der Waals surface area contributed by atoms with Crippen molar-refractivity contribution in [3.8, 4) is 5.75 Å². The number of para-hydroxylation sites is 2. The lowest BCUT2D eigenvalue weighted by atomic mass is 10.1. The van der Waals surface area contributed by atoms with Crippen molar-refractivity contribution in [2.75, 3.05) is 13.7 Å². The van der Waals surface area contributed by atoms with E-state index in [0.717, 1.165) is 21.9 Å². The number of nitrogens with zero attached hydrogens (tertiary/aromatic N) is 1. The Hall–Kier alpha value is -3.25. The van der Waals surface area contributed by atoms with E-state index in [-0.39, 0.29) is 18.2 Å². The minimum atomic E-state index is -0.820. The minimum absolute atomic E-state index is 0.0843. The Morgan fingerprint density at radius 2 is 2.07 bits per heavy atom. The SMILES string of the molecule is COc1cccc2cc(C(=O)NCC(O)c3cn(C)c4ccccc34)oc12. The lowest BCUT2D eigenvalue weighted by Gasteiger charge is -2.10. The summed E-state index contributed by atoms with van der Waals surface area (Å²) in [6.07, 6.45) is 1.06. The molecule has 138 valence electrons. The molecule has 0 radical (unpaired) electrons. The number of aliphatic hydroxyl groups excluding tert-OH is 1. The molecule has 2 heterocycles. The van der Waals surface area contributed by atoms with Crippen molar-refractivity contribution in [3.05, 3.63) is 66.1 Å². The molecule has 6 nitrogen and oxygen atoms in total. The largest absolute Gasteiger partial charge is 0.493 e. The Morgan fingerprint density at radius 1 is 1.26 bits per heavy atom. The Balaban J connectivity index is 1.52. The molecule has 6 heteroatoms. The summed E-state index contributed by atoms with van der Waals surface area (Å²) in [5, 5.41) is 15.1. The van der Waals surface area contributed by atoms with Crippen molar-refractivity contribution >= 4 is 27.8 Å². The molecule has 2 aromatic carbocycles. The van der Waals surface area contributed by atoms with E-state index < -0.39 is 6.10 Å². The maximum Gasteiger partial charge on any atom is 0.287 e. The van der Waals surface area contributed by atoms with Gasteiger partial charge in [0.15, 0.2) is 17.1 Å². The number of carbonyl (C=O) groups is 1. The van der Waals surface area contributed by atoms with Gasteiger partial charge in [-0.05, 0) is 18.2 Å². The van der Waals surface area contributed by atoms with Crippen LogP contribution in [0.1, 0.15) is 22.2 Å². The molecule has 0 aliphatic rings. The molecule has 0 spiro atoms. The molecule has 1 amide bonds. The molecule has 0 saturated heterocycles. The molecule has 0 bridgehead atoms. The van der Waals surface area contributed by atoms with Crippen LogP contribution >= 0.6 is 0 Å². The fourth-order valence-electron chi connectivity index (χ4n) is 3.33. The fraction of sp³-hybridized carbons (Fsp3) is 0.190. The Labute approximate surface area is 156 Å². The Kier molecular flexibility index (Phi) is 4.33. The zero-order chi connectivity index (χ0) is 19.0. The molecule has 0 aliphatic heterocycles. The average molecular weight is 364 g/mol. The Bertz CT molecular complexity index is 1130. The molecule has 4 aromatic rings. The number of aromatic nitrogens is 1. The van der Waals surface area contributed by atoms with Crippen LogP contribution < -0.4 is 10.1 Å². The third-order valence-electron chi connectivity index (χ3n) is 4.69. The van der Waals surface area contributed by atoms with Crippen LogP contribution in [0.15, 0.2) is 59.1 Å². The van der Waals surface area contributed by atoms with E-state index in [9.17, 15) is 9.90 Å². The summed E-state index contributed by atoms with van der Waals surface area (Å²) in [7, 11) is 3.48. The third kappa shape index (κ3) is 3.04. The molecule has 27 heavy (non-hydrogen) atoms. The third-order valence-corrected chi connectivity index (χ3v) is 4.69. The molecule has 1 unspecified atom stereocenters. The second kappa shape index (κ2) is 6.81. The summed E-state index contributed by atoms with van der Waals surface area (Å²) < 4.78 is 12.9. The fourth-order valence-corrected chi connectivity index (χ4v) is 3.33. The van der Waals surface area contributed by atoms with Crippen molar-refractivity contribution in [3.63, 3.8) is 0 Å². The average Bonchev–Trinajstić information content (AvgIpc) is 3.27. The molecule has 0 aliphatic carbocycles. The van der Waals surface area contributed by atoms with E-state index in [1.165, 1.54) is 0 Å². The van der Waals surface area contributed by atoms with Crippen LogP contribution in [-0.2, 0) is 7.05 Å². The zero-order valence-electron chi connectivity index (χ0n) is 15.1. The quantitative estimate of drug-likeness (QED) is 0.569. The number of hydrogen-bond acceptors (Lipinski definition) is 4. The van der Waals surface area contributed by atoms with Crippen molar-refractivity contribution in [2.45, 2.75) is 6.10 Å². The van der Waals surface area contributed by atoms with E-state index in [0.29, 0.717) is 11.3 Å². The summed E-state index contributed by atoms with van der Waals surface area (Å²) in [5.41, 5.74) is 2.33. The van der Waals surface area contributed by atoms with E-state index in [1.807, 2.05) is 54.2 Å². The van der Waals surface area contributed by atoms with Crippen LogP contribution in [0.25, 0.3) is 21.9 Å². The number of carbonyl (C=O) groups excluding carboxylic acids is 1. The van der Waals surface area contributed by atoms with Crippen LogP contribution in [0.3, 0.4) is 0 Å². The van der Waals surface area contributed by atoms with Gasteiger partial charge in [0, 0.05) is 41.6 Å². The van der Waals surface area contributed by atoms with Gasteiger partial charge in [0.2, 0.25) is 0 Å². The predicted molar refractivity (Wildman–Crippen MR) is 103 cm³/mol. The van der Waals surface area contributed by atoms with Crippen molar-refractivity contribution in [1.82, 2.24) is 9.88 Å². The monoisotopic (exact) mass is 364 g/mol. The first-order valence-electron chi connectivity index (χ1n) is 8.65. The lowest BCUT2D eigenvalue weighted by molar-refractivity contribution is 0.0891. The second-order valence-corrected chi connectivity index (χ2v) is 6.43. The van der Waals surface area contributed by atoms with Crippen molar-refractivity contribution in [1.29, 1.82) is 0 Å². The number of aryl methyl sites for hydroxylation is 1. The van der Waals surface area contributed by atoms with Gasteiger partial charge in [-0.2, -0.15) is 0 Å². The van der Waals surface area contributed by atoms with Crippen LogP contribution in [0, 0.1) is 0 Å². The normalized spacial score (nSPS) is 12.4. The maximum absolute atomic E-state index is 12.5. The van der Waals surface area contributed by atoms with Crippen LogP contribution in [0.2, 0.25) is 0 Å². The van der Waals surface area contributed by atoms with Crippen molar-refractivity contribution < 1.29 is 19.1 Å². The summed E-state index contributed by atoms with van der Waals surface area (Å²) in [5.74, 6) is 0.370. The van der Waals surface area contributed by atoms with Gasteiger partial charge < -0.3 is 24.1 Å². The molecule has 1 atom stereocenters. The molecular formula is C21H20N2O4. The lowest BCUT2D eigenvalue weighted by Crippen LogP contribution is -2.28. The highest BCUT2D eigenvalue weighted by Crippen LogP contribution is 2.29. The molecule has 4 rings (SSSR count). The van der Waals surface area contributed by atoms with E-state index in [4.69, 9.17) is 9.15 Å². The summed E-state index contributed by atoms with van der Waals surface area (Å²) in [6, 6.07) is 15.0. The molecule has 0 fully saturated rings. The summed E-state index contributed by atoms with van der Waals surface area (Å²) in [4.78, 5) is 12.5. The van der Waals surface area contributed by atoms with E-state index >= 15 is 0 Å². The smallest absolute Gasteiger partial charge is 0.287 e. The number of amides is 1. The molecular weight excluding hydrogens is 344 g/mol. The topological polar surface area (TPSA) is 76.6 Å². The van der Waals surface area contributed by atoms with E-state index in [1.54, 1.807) is 19.2 Å². The van der Waals surface area contributed by atoms with Gasteiger partial charge in [-0.15, -0.1) is 0 Å². The number of furan rings is 1. The number of benzene rings is 2. The van der Waals surface area contributed by atoms with Crippen LogP contribution in [0.4, 0.5) is 0 Å². The number of methoxy groups -OCH3 is 1. The molecule has 2 N–H and O–H groups in total. The first-order chi connectivity index (χ1) is 13.1. The van der Waals surface area contributed by atoms with Gasteiger partial charge in [-0.3, -0.25) is 4.79 Å². The zero-order valence-corrected chi connectivity index (χ0v) is 15.1. The van der Waals surface area contributed by atoms with E-state index in [2.05, 4.69) is 5.32 Å². The van der Waals surface area contributed by atoms with Gasteiger partial charge in [-0.25, -0.2) is 0 Å². The number of hydrogen-bond donors (Lipinski definition) is 2. The van der Waals surface area contributed by atoms with Crippen LogP contribution in [-0.4, -0.2) is 29.2 Å². The van der Waals surface area contributed by atoms with Gasteiger partial charge >= 0.3 is 0 Å². The van der Waals surface area contributed by atoms with Crippen LogP contribution in [0.5, 0.6) is 5.75 Å². The second-order valence-electron chi connectivity index (χ2n) is 6.43. The first kappa shape index (κ1) is 17.2. The molecule has 2 aromatic heterocycles. The highest BCUT2D eigenvalue weighted by molar-refractivity contribution is 5.97. The van der Waals surface area contributed by atoms with Gasteiger partial charge in [0.1, 0.15) is 0 Å². The minimum Gasteiger partial charge on any atom is -0.493 e. The standard InChI is InChI=1S/C21H20N2O4/c1-23-12-15(14-7-3-4-8-16(14)23)17(24)11-22-21(25)19-10-13-6-5-9-18(26-2)20(13)27-19/h3-10,12,17,24H,11H2,1-2H3,(H,22,25). The van der Waals surface area contributed by atoms with Gasteiger partial charge in [0.25, 0.3) is 5.91 Å². The Morgan fingerprint density at radius 3 is 2.89 bits per heavy atom. The summed E-state index contributed by atoms with van der Waals surface area (Å²) >= 11 is 0. The first-order valence-corrected chi connectivity index (χ1v) is 8.65. The van der Waals surface area contributed by atoms with Gasteiger partial charge in [0.05, 0.1) is 13.2 Å². The molecule has 0 saturated carbocycles. The number of ether oxygens (including phenoxy) is 1. The predicted octanol–water partition coefficient (Wildman–Crippen LogP) is 3.40. The maximum atomic E-state index is 12.5. The van der Waals surface area contributed by atoms with Crippen molar-refractivity contribution in [2.24, 2.45) is 7.05 Å². The number of fused-ring (bicyclic) bond motifs is 2. The number of aliphatic hydroxyl groups is 1. The summed E-state index contributed by atoms with van der Waals surface area (Å²) in [6.45, 7) is 0.0843. The number of rotatable bonds is 5. The highest BCUT2D eigenvalue weighted by atomic mass is 16.5. The van der Waals surface area contributed by atoms with Gasteiger partial charge in [-0.1, -0.05) is 30.3 Å². The highest BCUT2D eigenvalue weighted by Gasteiger charge is 2.18.